The Bertz CT molecular complexity index is 1140. The van der Waals surface area contributed by atoms with Crippen LogP contribution in [0.4, 0.5) is 5.69 Å². The van der Waals surface area contributed by atoms with Gasteiger partial charge in [0.05, 0.1) is 11.8 Å². The number of nitrogens with one attached hydrogen (secondary N) is 1. The van der Waals surface area contributed by atoms with Gasteiger partial charge in [0, 0.05) is 41.2 Å². The van der Waals surface area contributed by atoms with Gasteiger partial charge in [-0.3, -0.25) is 9.78 Å². The highest BCUT2D eigenvalue weighted by atomic mass is 16.5. The number of carbonyl (C=O) groups excluding carboxylic acids is 1. The van der Waals surface area contributed by atoms with Gasteiger partial charge in [-0.25, -0.2) is 4.98 Å². The normalized spacial score (nSPS) is 10.6. The van der Waals surface area contributed by atoms with Crippen molar-refractivity contribution in [1.82, 2.24) is 14.5 Å². The van der Waals surface area contributed by atoms with Crippen molar-refractivity contribution < 1.29 is 9.53 Å². The van der Waals surface area contributed by atoms with Gasteiger partial charge in [0.1, 0.15) is 5.75 Å². The Kier molecular flexibility index (Phi) is 5.07. The summed E-state index contributed by atoms with van der Waals surface area (Å²) in [6.45, 7) is 3.94. The Morgan fingerprint density at radius 2 is 1.83 bits per heavy atom. The molecule has 0 unspecified atom stereocenters. The first-order valence-electron chi connectivity index (χ1n) is 9.21. The Hall–Kier alpha value is -3.93. The predicted octanol–water partition coefficient (Wildman–Crippen LogP) is 4.93. The Morgan fingerprint density at radius 3 is 2.59 bits per heavy atom. The smallest absolute Gasteiger partial charge is 0.257 e. The standard InChI is InChI=1S/C23H20N4O2/c1-16-13-21(17(2)27(16)19-8-4-3-5-9-19)23(28)26-18-7-6-10-20(14-18)29-22-15-24-11-12-25-22/h3-15H,1-2H3,(H,26,28). The third-order valence-electron chi connectivity index (χ3n) is 4.54. The van der Waals surface area contributed by atoms with E-state index in [4.69, 9.17) is 4.74 Å². The van der Waals surface area contributed by atoms with E-state index >= 15 is 0 Å². The lowest BCUT2D eigenvalue weighted by atomic mass is 10.2. The minimum absolute atomic E-state index is 0.170. The van der Waals surface area contributed by atoms with Gasteiger partial charge in [0.25, 0.3) is 5.91 Å². The van der Waals surface area contributed by atoms with Crippen molar-refractivity contribution in [2.24, 2.45) is 0 Å². The topological polar surface area (TPSA) is 69.0 Å². The number of rotatable bonds is 5. The zero-order chi connectivity index (χ0) is 20.2. The Balaban J connectivity index is 1.55. The molecule has 0 fully saturated rings. The first-order chi connectivity index (χ1) is 14.1. The number of benzene rings is 2. The third kappa shape index (κ3) is 4.01. The van der Waals surface area contributed by atoms with Gasteiger partial charge in [-0.1, -0.05) is 24.3 Å². The molecule has 1 amide bonds. The van der Waals surface area contributed by atoms with Gasteiger partial charge in [-0.05, 0) is 44.2 Å². The van der Waals surface area contributed by atoms with Crippen LogP contribution < -0.4 is 10.1 Å². The molecule has 0 spiro atoms. The monoisotopic (exact) mass is 384 g/mol. The van der Waals surface area contributed by atoms with Gasteiger partial charge in [0.15, 0.2) is 0 Å². The number of ether oxygens (including phenoxy) is 1. The Morgan fingerprint density at radius 1 is 1.00 bits per heavy atom. The quantitative estimate of drug-likeness (QED) is 0.530. The molecule has 0 aliphatic rings. The van der Waals surface area contributed by atoms with E-state index in [2.05, 4.69) is 19.9 Å². The Labute approximate surface area is 168 Å². The van der Waals surface area contributed by atoms with E-state index in [0.717, 1.165) is 17.1 Å². The number of anilines is 1. The molecular formula is C23H20N4O2. The maximum atomic E-state index is 12.9. The van der Waals surface area contributed by atoms with Crippen LogP contribution in [0.2, 0.25) is 0 Å². The molecule has 0 radical (unpaired) electrons. The molecule has 0 bridgehead atoms. The van der Waals surface area contributed by atoms with E-state index in [9.17, 15) is 4.79 Å². The van der Waals surface area contributed by atoms with Crippen LogP contribution in [0.15, 0.2) is 79.3 Å². The van der Waals surface area contributed by atoms with Gasteiger partial charge in [-0.2, -0.15) is 0 Å². The molecule has 6 nitrogen and oxygen atoms in total. The van der Waals surface area contributed by atoms with Crippen molar-refractivity contribution in [2.75, 3.05) is 5.32 Å². The van der Waals surface area contributed by atoms with E-state index in [1.165, 1.54) is 6.20 Å². The van der Waals surface area contributed by atoms with Crippen molar-refractivity contribution in [3.05, 3.63) is 96.2 Å². The maximum absolute atomic E-state index is 12.9. The summed E-state index contributed by atoms with van der Waals surface area (Å²) in [6.07, 6.45) is 4.67. The molecule has 2 heterocycles. The summed E-state index contributed by atoms with van der Waals surface area (Å²) in [5.41, 5.74) is 4.19. The lowest BCUT2D eigenvalue weighted by Gasteiger charge is -2.10. The number of aromatic nitrogens is 3. The number of hydrogen-bond acceptors (Lipinski definition) is 4. The van der Waals surface area contributed by atoms with Crippen LogP contribution in [0, 0.1) is 13.8 Å². The molecule has 1 N–H and O–H groups in total. The van der Waals surface area contributed by atoms with Crippen molar-refractivity contribution in [1.29, 1.82) is 0 Å². The van der Waals surface area contributed by atoms with E-state index in [1.54, 1.807) is 24.5 Å². The second-order valence-electron chi connectivity index (χ2n) is 6.58. The molecule has 0 saturated heterocycles. The van der Waals surface area contributed by atoms with Crippen LogP contribution in [0.25, 0.3) is 5.69 Å². The van der Waals surface area contributed by atoms with E-state index in [-0.39, 0.29) is 5.91 Å². The van der Waals surface area contributed by atoms with Crippen molar-refractivity contribution in [2.45, 2.75) is 13.8 Å². The molecule has 4 aromatic rings. The first kappa shape index (κ1) is 18.4. The average molecular weight is 384 g/mol. The summed E-state index contributed by atoms with van der Waals surface area (Å²) < 4.78 is 7.75. The molecule has 2 aromatic heterocycles. The van der Waals surface area contributed by atoms with Crippen LogP contribution in [0.1, 0.15) is 21.7 Å². The zero-order valence-electron chi connectivity index (χ0n) is 16.2. The number of carbonyl (C=O) groups is 1. The fourth-order valence-corrected chi connectivity index (χ4v) is 3.26. The van der Waals surface area contributed by atoms with Crippen molar-refractivity contribution >= 4 is 11.6 Å². The lowest BCUT2D eigenvalue weighted by Crippen LogP contribution is -2.13. The third-order valence-corrected chi connectivity index (χ3v) is 4.54. The first-order valence-corrected chi connectivity index (χ1v) is 9.21. The van der Waals surface area contributed by atoms with Gasteiger partial charge in [-0.15, -0.1) is 0 Å². The van der Waals surface area contributed by atoms with E-state index < -0.39 is 0 Å². The number of para-hydroxylation sites is 1. The minimum atomic E-state index is -0.170. The van der Waals surface area contributed by atoms with Crippen LogP contribution >= 0.6 is 0 Å². The molecule has 6 heteroatoms. The number of amides is 1. The largest absolute Gasteiger partial charge is 0.437 e. The van der Waals surface area contributed by atoms with Crippen LogP contribution in [0.3, 0.4) is 0 Å². The fourth-order valence-electron chi connectivity index (χ4n) is 3.26. The molecule has 0 aliphatic carbocycles. The molecule has 29 heavy (non-hydrogen) atoms. The summed E-state index contributed by atoms with van der Waals surface area (Å²) in [7, 11) is 0. The van der Waals surface area contributed by atoms with Crippen molar-refractivity contribution in [3.63, 3.8) is 0 Å². The second kappa shape index (κ2) is 7.98. The van der Waals surface area contributed by atoms with Crippen molar-refractivity contribution in [3.8, 4) is 17.3 Å². The molecule has 2 aromatic carbocycles. The minimum Gasteiger partial charge on any atom is -0.437 e. The molecule has 144 valence electrons. The molecule has 0 atom stereocenters. The highest BCUT2D eigenvalue weighted by molar-refractivity contribution is 6.05. The van der Waals surface area contributed by atoms with Gasteiger partial charge >= 0.3 is 0 Å². The molecule has 0 saturated carbocycles. The molecule has 0 aliphatic heterocycles. The van der Waals surface area contributed by atoms with E-state index in [0.29, 0.717) is 22.9 Å². The number of aryl methyl sites for hydroxylation is 1. The van der Waals surface area contributed by atoms with Gasteiger partial charge in [0.2, 0.25) is 5.88 Å². The van der Waals surface area contributed by atoms with Crippen LogP contribution in [0.5, 0.6) is 11.6 Å². The zero-order valence-corrected chi connectivity index (χ0v) is 16.2. The van der Waals surface area contributed by atoms with Crippen LogP contribution in [-0.4, -0.2) is 20.4 Å². The van der Waals surface area contributed by atoms with Gasteiger partial charge < -0.3 is 14.6 Å². The molecular weight excluding hydrogens is 364 g/mol. The summed E-state index contributed by atoms with van der Waals surface area (Å²) >= 11 is 0. The molecule has 4 rings (SSSR count). The van der Waals surface area contributed by atoms with E-state index in [1.807, 2.05) is 62.4 Å². The number of nitrogens with zero attached hydrogens (tertiary/aromatic N) is 3. The SMILES string of the molecule is Cc1cc(C(=O)Nc2cccc(Oc3cnccn3)c2)c(C)n1-c1ccccc1. The summed E-state index contributed by atoms with van der Waals surface area (Å²) in [5, 5.41) is 2.95. The highest BCUT2D eigenvalue weighted by Crippen LogP contribution is 2.24. The summed E-state index contributed by atoms with van der Waals surface area (Å²) in [5.74, 6) is 0.789. The predicted molar refractivity (Wildman–Crippen MR) is 112 cm³/mol. The maximum Gasteiger partial charge on any atom is 0.257 e. The number of hydrogen-bond donors (Lipinski definition) is 1. The fraction of sp³-hybridized carbons (Fsp3) is 0.0870. The summed E-state index contributed by atoms with van der Waals surface area (Å²) in [6, 6.07) is 19.1. The highest BCUT2D eigenvalue weighted by Gasteiger charge is 2.17. The summed E-state index contributed by atoms with van der Waals surface area (Å²) in [4.78, 5) is 21.0. The second-order valence-corrected chi connectivity index (χ2v) is 6.58. The average Bonchev–Trinajstić information content (AvgIpc) is 3.04. The lowest BCUT2D eigenvalue weighted by molar-refractivity contribution is 0.102. The van der Waals surface area contributed by atoms with Crippen LogP contribution in [-0.2, 0) is 0 Å².